The lowest BCUT2D eigenvalue weighted by Crippen LogP contribution is -2.36. The highest BCUT2D eigenvalue weighted by Crippen LogP contribution is 2.32. The van der Waals surface area contributed by atoms with Gasteiger partial charge in [-0.15, -0.1) is 0 Å². The third-order valence-corrected chi connectivity index (χ3v) is 7.23. The van der Waals surface area contributed by atoms with Crippen LogP contribution in [0.5, 0.6) is 0 Å². The van der Waals surface area contributed by atoms with Crippen molar-refractivity contribution in [2.75, 3.05) is 35.9 Å². The predicted molar refractivity (Wildman–Crippen MR) is 110 cm³/mol. The Labute approximate surface area is 166 Å². The van der Waals surface area contributed by atoms with Crippen LogP contribution in [-0.2, 0) is 14.8 Å². The molecule has 1 aliphatic heterocycles. The molecule has 4 rings (SSSR count). The number of benzene rings is 2. The molecule has 0 saturated carbocycles. The van der Waals surface area contributed by atoms with E-state index in [4.69, 9.17) is 16.3 Å². The van der Waals surface area contributed by atoms with Crippen molar-refractivity contribution >= 4 is 54.0 Å². The Bertz CT molecular complexity index is 1090. The number of ether oxygens (including phenoxy) is 1. The minimum atomic E-state index is -3.77. The number of hydrogen-bond donors (Lipinski definition) is 1. The van der Waals surface area contributed by atoms with Gasteiger partial charge in [0.25, 0.3) is 10.0 Å². The summed E-state index contributed by atoms with van der Waals surface area (Å²) in [6, 6.07) is 10.2. The molecule has 1 N–H and O–H groups in total. The minimum Gasteiger partial charge on any atom is -0.378 e. The van der Waals surface area contributed by atoms with Crippen LogP contribution < -0.4 is 9.62 Å². The quantitative estimate of drug-likeness (QED) is 0.689. The topological polar surface area (TPSA) is 71.5 Å². The number of nitrogens with one attached hydrogen (secondary N) is 1. The summed E-state index contributed by atoms with van der Waals surface area (Å²) in [5, 5.41) is 1.13. The van der Waals surface area contributed by atoms with Crippen molar-refractivity contribution in [2.45, 2.75) is 11.8 Å². The molecule has 2 aromatic carbocycles. The first-order valence-corrected chi connectivity index (χ1v) is 11.1. The first kappa shape index (κ1) is 18.5. The number of morpholine rings is 1. The Morgan fingerprint density at radius 3 is 2.70 bits per heavy atom. The van der Waals surface area contributed by atoms with Gasteiger partial charge in [-0.1, -0.05) is 29.0 Å². The number of nitrogens with zero attached hydrogens (tertiary/aromatic N) is 2. The van der Waals surface area contributed by atoms with E-state index < -0.39 is 10.0 Å². The average Bonchev–Trinajstić information content (AvgIpc) is 3.05. The number of sulfonamides is 1. The summed E-state index contributed by atoms with van der Waals surface area (Å²) in [7, 11) is -3.77. The maximum absolute atomic E-state index is 12.7. The zero-order valence-corrected chi connectivity index (χ0v) is 17.0. The second-order valence-corrected chi connectivity index (χ2v) is 9.38. The molecule has 0 bridgehead atoms. The third kappa shape index (κ3) is 3.89. The molecule has 0 amide bonds. The summed E-state index contributed by atoms with van der Waals surface area (Å²) in [4.78, 5) is 6.89. The Morgan fingerprint density at radius 2 is 1.96 bits per heavy atom. The van der Waals surface area contributed by atoms with E-state index in [9.17, 15) is 8.42 Å². The number of halogens is 1. The molecule has 1 aromatic heterocycles. The van der Waals surface area contributed by atoms with Crippen LogP contribution in [0.15, 0.2) is 41.3 Å². The van der Waals surface area contributed by atoms with Gasteiger partial charge in [0.05, 0.1) is 34.1 Å². The van der Waals surface area contributed by atoms with Crippen molar-refractivity contribution in [1.82, 2.24) is 4.98 Å². The summed E-state index contributed by atoms with van der Waals surface area (Å²) in [6.45, 7) is 4.87. The first-order valence-electron chi connectivity index (χ1n) is 8.45. The molecule has 1 saturated heterocycles. The number of fused-ring (bicyclic) bond motifs is 1. The zero-order chi connectivity index (χ0) is 19.0. The number of aryl methyl sites for hydroxylation is 1. The molecule has 142 valence electrons. The summed E-state index contributed by atoms with van der Waals surface area (Å²) < 4.78 is 34.3. The molecular formula is C18H18ClN3O3S2. The van der Waals surface area contributed by atoms with Crippen LogP contribution >= 0.6 is 22.9 Å². The second kappa shape index (κ2) is 7.27. The fraction of sp³-hybridized carbons (Fsp3) is 0.278. The van der Waals surface area contributed by atoms with Crippen LogP contribution in [0.1, 0.15) is 5.56 Å². The fourth-order valence-electron chi connectivity index (χ4n) is 2.90. The average molecular weight is 424 g/mol. The molecule has 0 radical (unpaired) electrons. The summed E-state index contributed by atoms with van der Waals surface area (Å²) >= 11 is 7.67. The van der Waals surface area contributed by atoms with Crippen LogP contribution in [0.25, 0.3) is 10.2 Å². The van der Waals surface area contributed by atoms with Gasteiger partial charge >= 0.3 is 0 Å². The lowest BCUT2D eigenvalue weighted by atomic mass is 10.2. The number of rotatable bonds is 4. The smallest absolute Gasteiger partial charge is 0.263 e. The van der Waals surface area contributed by atoms with E-state index in [2.05, 4.69) is 14.6 Å². The largest absolute Gasteiger partial charge is 0.378 e. The maximum Gasteiger partial charge on any atom is 0.263 e. The van der Waals surface area contributed by atoms with Gasteiger partial charge in [-0.25, -0.2) is 13.4 Å². The Balaban J connectivity index is 1.61. The molecule has 0 unspecified atom stereocenters. The Morgan fingerprint density at radius 1 is 1.19 bits per heavy atom. The van der Waals surface area contributed by atoms with E-state index in [1.807, 2.05) is 13.0 Å². The van der Waals surface area contributed by atoms with Gasteiger partial charge in [0.15, 0.2) is 5.13 Å². The molecule has 0 atom stereocenters. The van der Waals surface area contributed by atoms with E-state index in [1.54, 1.807) is 35.6 Å². The number of anilines is 2. The van der Waals surface area contributed by atoms with Gasteiger partial charge in [0.2, 0.25) is 0 Å². The van der Waals surface area contributed by atoms with Gasteiger partial charge < -0.3 is 9.64 Å². The molecule has 1 aliphatic rings. The summed E-state index contributed by atoms with van der Waals surface area (Å²) in [6.07, 6.45) is 0. The van der Waals surface area contributed by atoms with E-state index >= 15 is 0 Å². The second-order valence-electron chi connectivity index (χ2n) is 6.32. The van der Waals surface area contributed by atoms with Crippen molar-refractivity contribution in [3.05, 3.63) is 47.0 Å². The van der Waals surface area contributed by atoms with Gasteiger partial charge in [0, 0.05) is 13.1 Å². The highest BCUT2D eigenvalue weighted by Gasteiger charge is 2.19. The van der Waals surface area contributed by atoms with Crippen molar-refractivity contribution in [3.63, 3.8) is 0 Å². The molecular weight excluding hydrogens is 406 g/mol. The number of thiazole rings is 1. The highest BCUT2D eigenvalue weighted by atomic mass is 35.5. The van der Waals surface area contributed by atoms with Crippen molar-refractivity contribution < 1.29 is 13.2 Å². The molecule has 9 heteroatoms. The molecule has 0 spiro atoms. The first-order chi connectivity index (χ1) is 12.9. The van der Waals surface area contributed by atoms with Gasteiger partial charge in [-0.05, 0) is 42.8 Å². The summed E-state index contributed by atoms with van der Waals surface area (Å²) in [5.74, 6) is 0. The normalized spacial score (nSPS) is 15.3. The van der Waals surface area contributed by atoms with Crippen LogP contribution in [0, 0.1) is 6.92 Å². The lowest BCUT2D eigenvalue weighted by molar-refractivity contribution is 0.122. The van der Waals surface area contributed by atoms with Crippen molar-refractivity contribution in [2.24, 2.45) is 0 Å². The third-order valence-electron chi connectivity index (χ3n) is 4.29. The van der Waals surface area contributed by atoms with E-state index in [0.29, 0.717) is 18.9 Å². The summed E-state index contributed by atoms with van der Waals surface area (Å²) in [5.41, 5.74) is 2.23. The van der Waals surface area contributed by atoms with Crippen LogP contribution in [-0.4, -0.2) is 39.7 Å². The van der Waals surface area contributed by atoms with Crippen LogP contribution in [0.2, 0.25) is 5.02 Å². The van der Waals surface area contributed by atoms with Crippen molar-refractivity contribution in [3.8, 4) is 0 Å². The Kier molecular flexibility index (Phi) is 4.98. The maximum atomic E-state index is 12.7. The standard InChI is InChI=1S/C18H18ClN3O3S2/c1-12-2-5-17(14(19)10-12)27(23,24)21-13-3-4-15-16(11-13)26-18(20-15)22-6-8-25-9-7-22/h2-5,10-11,21H,6-9H2,1H3. The van der Waals surface area contributed by atoms with Gasteiger partial charge in [-0.3, -0.25) is 4.72 Å². The monoisotopic (exact) mass is 423 g/mol. The van der Waals surface area contributed by atoms with E-state index in [-0.39, 0.29) is 9.92 Å². The van der Waals surface area contributed by atoms with Gasteiger partial charge in [0.1, 0.15) is 4.90 Å². The SMILES string of the molecule is Cc1ccc(S(=O)(=O)Nc2ccc3nc(N4CCOCC4)sc3c2)c(Cl)c1. The minimum absolute atomic E-state index is 0.0631. The molecule has 2 heterocycles. The van der Waals surface area contributed by atoms with E-state index in [0.717, 1.165) is 34.0 Å². The highest BCUT2D eigenvalue weighted by molar-refractivity contribution is 7.92. The van der Waals surface area contributed by atoms with Crippen LogP contribution in [0.4, 0.5) is 10.8 Å². The van der Waals surface area contributed by atoms with Crippen molar-refractivity contribution in [1.29, 1.82) is 0 Å². The fourth-order valence-corrected chi connectivity index (χ4v) is 5.61. The van der Waals surface area contributed by atoms with Gasteiger partial charge in [-0.2, -0.15) is 0 Å². The molecule has 0 aliphatic carbocycles. The van der Waals surface area contributed by atoms with Crippen LogP contribution in [0.3, 0.4) is 0 Å². The zero-order valence-electron chi connectivity index (χ0n) is 14.6. The number of hydrogen-bond acceptors (Lipinski definition) is 6. The predicted octanol–water partition coefficient (Wildman–Crippen LogP) is 3.90. The number of aromatic nitrogens is 1. The Hall–Kier alpha value is -1.87. The molecule has 3 aromatic rings. The lowest BCUT2D eigenvalue weighted by Gasteiger charge is -2.25. The van der Waals surface area contributed by atoms with E-state index in [1.165, 1.54) is 6.07 Å². The molecule has 6 nitrogen and oxygen atoms in total. The molecule has 27 heavy (non-hydrogen) atoms. The molecule has 1 fully saturated rings.